The van der Waals surface area contributed by atoms with Gasteiger partial charge in [-0.05, 0) is 61.0 Å². The van der Waals surface area contributed by atoms with Crippen LogP contribution >= 0.6 is 0 Å². The highest BCUT2D eigenvalue weighted by molar-refractivity contribution is 5.94. The lowest BCUT2D eigenvalue weighted by Gasteiger charge is -2.12. The van der Waals surface area contributed by atoms with Gasteiger partial charge in [0.1, 0.15) is 5.82 Å². The molecule has 0 saturated carbocycles. The van der Waals surface area contributed by atoms with E-state index >= 15 is 0 Å². The Morgan fingerprint density at radius 1 is 1.06 bits per heavy atom. The Morgan fingerprint density at radius 3 is 2.59 bits per heavy atom. The van der Waals surface area contributed by atoms with E-state index in [1.54, 1.807) is 60.7 Å². The number of hydrogen-bond donors (Lipinski definition) is 1. The minimum Gasteiger partial charge on any atom is -0.352 e. The Morgan fingerprint density at radius 2 is 1.84 bits per heavy atom. The summed E-state index contributed by atoms with van der Waals surface area (Å²) in [7, 11) is 0. The van der Waals surface area contributed by atoms with Crippen molar-refractivity contribution in [3.05, 3.63) is 106 Å². The summed E-state index contributed by atoms with van der Waals surface area (Å²) in [5, 5.41) is 12.2. The van der Waals surface area contributed by atoms with Crippen molar-refractivity contribution < 1.29 is 4.79 Å². The van der Waals surface area contributed by atoms with Gasteiger partial charge >= 0.3 is 0 Å². The molecule has 3 aromatic carbocycles. The molecule has 156 valence electrons. The second-order valence-electron chi connectivity index (χ2n) is 7.10. The molecule has 1 amide bonds. The summed E-state index contributed by atoms with van der Waals surface area (Å²) in [5.41, 5.74) is 2.83. The molecule has 1 heterocycles. The van der Waals surface area contributed by atoms with Gasteiger partial charge in [0.15, 0.2) is 0 Å². The maximum absolute atomic E-state index is 13.4. The zero-order valence-electron chi connectivity index (χ0n) is 17.4. The molecule has 0 bridgehead atoms. The van der Waals surface area contributed by atoms with Crippen molar-refractivity contribution in [1.82, 2.24) is 14.9 Å². The van der Waals surface area contributed by atoms with Crippen molar-refractivity contribution in [2.75, 3.05) is 6.54 Å². The van der Waals surface area contributed by atoms with Crippen LogP contribution in [-0.4, -0.2) is 22.0 Å². The van der Waals surface area contributed by atoms with E-state index in [-0.39, 0.29) is 11.5 Å². The minimum absolute atomic E-state index is 0.203. The molecule has 0 aliphatic carbocycles. The number of para-hydroxylation sites is 1. The van der Waals surface area contributed by atoms with Crippen molar-refractivity contribution in [2.45, 2.75) is 6.92 Å². The van der Waals surface area contributed by atoms with E-state index < -0.39 is 0 Å². The average molecular weight is 420 g/mol. The van der Waals surface area contributed by atoms with E-state index in [1.165, 1.54) is 4.57 Å². The maximum Gasteiger partial charge on any atom is 0.266 e. The van der Waals surface area contributed by atoms with Gasteiger partial charge in [0.25, 0.3) is 11.5 Å². The second-order valence-corrected chi connectivity index (χ2v) is 7.10. The predicted molar refractivity (Wildman–Crippen MR) is 125 cm³/mol. The molecule has 1 aromatic heterocycles. The monoisotopic (exact) mass is 420 g/mol. The van der Waals surface area contributed by atoms with E-state index in [0.717, 1.165) is 5.56 Å². The third kappa shape index (κ3) is 4.18. The first kappa shape index (κ1) is 20.8. The second kappa shape index (κ2) is 9.11. The highest BCUT2D eigenvalue weighted by Crippen LogP contribution is 2.17. The Bertz CT molecular complexity index is 1430. The molecule has 0 spiro atoms. The lowest BCUT2D eigenvalue weighted by Crippen LogP contribution is -2.25. The van der Waals surface area contributed by atoms with Gasteiger partial charge in [-0.2, -0.15) is 5.26 Å². The van der Waals surface area contributed by atoms with Gasteiger partial charge in [0.2, 0.25) is 0 Å². The van der Waals surface area contributed by atoms with Crippen LogP contribution in [0.1, 0.15) is 34.2 Å². The Labute approximate surface area is 185 Å². The number of nitrogens with one attached hydrogen (secondary N) is 1. The first-order valence-electron chi connectivity index (χ1n) is 10.2. The van der Waals surface area contributed by atoms with Crippen LogP contribution in [0.2, 0.25) is 0 Å². The van der Waals surface area contributed by atoms with E-state index in [9.17, 15) is 9.59 Å². The van der Waals surface area contributed by atoms with Crippen molar-refractivity contribution in [1.29, 1.82) is 5.26 Å². The third-order valence-corrected chi connectivity index (χ3v) is 4.97. The molecular formula is C26H20N4O2. The van der Waals surface area contributed by atoms with Gasteiger partial charge in [-0.25, -0.2) is 4.98 Å². The van der Waals surface area contributed by atoms with Crippen LogP contribution in [0.5, 0.6) is 0 Å². The lowest BCUT2D eigenvalue weighted by molar-refractivity contribution is 0.0956. The molecule has 6 heteroatoms. The summed E-state index contributed by atoms with van der Waals surface area (Å²) in [5.74, 6) is 0.233. The molecular weight excluding hydrogens is 400 g/mol. The molecule has 0 saturated heterocycles. The lowest BCUT2D eigenvalue weighted by atomic mass is 10.1. The van der Waals surface area contributed by atoms with Gasteiger partial charge < -0.3 is 5.32 Å². The highest BCUT2D eigenvalue weighted by Gasteiger charge is 2.13. The Hall–Kier alpha value is -4.50. The van der Waals surface area contributed by atoms with Crippen molar-refractivity contribution in [3.63, 3.8) is 0 Å². The molecule has 4 rings (SSSR count). The van der Waals surface area contributed by atoms with Gasteiger partial charge in [0, 0.05) is 12.1 Å². The predicted octanol–water partition coefficient (Wildman–Crippen LogP) is 4.18. The summed E-state index contributed by atoms with van der Waals surface area (Å²) in [6.07, 6.45) is 3.59. The zero-order valence-corrected chi connectivity index (χ0v) is 17.4. The molecule has 1 N–H and O–H groups in total. The molecule has 32 heavy (non-hydrogen) atoms. The fourth-order valence-corrected chi connectivity index (χ4v) is 3.40. The van der Waals surface area contributed by atoms with Crippen LogP contribution in [-0.2, 0) is 0 Å². The van der Waals surface area contributed by atoms with Crippen LogP contribution in [0.25, 0.3) is 28.7 Å². The fourth-order valence-electron chi connectivity index (χ4n) is 3.40. The number of hydrogen-bond acceptors (Lipinski definition) is 4. The van der Waals surface area contributed by atoms with E-state index in [4.69, 9.17) is 10.2 Å². The Kier molecular flexibility index (Phi) is 5.91. The fraction of sp³-hybridized carbons (Fsp3) is 0.0769. The van der Waals surface area contributed by atoms with Gasteiger partial charge in [0.05, 0.1) is 28.2 Å². The molecule has 0 fully saturated rings. The van der Waals surface area contributed by atoms with E-state index in [2.05, 4.69) is 11.4 Å². The quantitative estimate of drug-likeness (QED) is 0.525. The summed E-state index contributed by atoms with van der Waals surface area (Å²) in [6.45, 7) is 2.37. The van der Waals surface area contributed by atoms with Gasteiger partial charge in [-0.3, -0.25) is 14.2 Å². The zero-order chi connectivity index (χ0) is 22.5. The molecule has 0 radical (unpaired) electrons. The average Bonchev–Trinajstić information content (AvgIpc) is 2.83. The van der Waals surface area contributed by atoms with Crippen molar-refractivity contribution in [3.8, 4) is 11.8 Å². The maximum atomic E-state index is 13.4. The number of carbonyl (C=O) groups is 1. The van der Waals surface area contributed by atoms with Gasteiger partial charge in [-0.1, -0.05) is 36.4 Å². The third-order valence-electron chi connectivity index (χ3n) is 4.97. The van der Waals surface area contributed by atoms with Crippen LogP contribution in [0, 0.1) is 11.3 Å². The summed E-state index contributed by atoms with van der Waals surface area (Å²) in [6, 6.07) is 23.3. The number of fused-ring (bicyclic) bond motifs is 1. The standard InChI is InChI=1S/C26H20N4O2/c1-2-28-25(31)20-6-5-7-21(16-20)30-24(15-14-18-10-12-19(17-27)13-11-18)29-23-9-4-3-8-22(23)26(30)32/h3-16H,2H2,1H3,(H,28,31)/b15-14+. The number of benzene rings is 3. The number of nitrogens with zero attached hydrogens (tertiary/aromatic N) is 3. The van der Waals surface area contributed by atoms with Gasteiger partial charge in [-0.15, -0.1) is 0 Å². The molecule has 4 aromatic rings. The van der Waals surface area contributed by atoms with Crippen LogP contribution < -0.4 is 10.9 Å². The first-order chi connectivity index (χ1) is 15.6. The molecule has 0 aliphatic rings. The van der Waals surface area contributed by atoms with Crippen LogP contribution in [0.4, 0.5) is 0 Å². The largest absolute Gasteiger partial charge is 0.352 e. The van der Waals surface area contributed by atoms with Crippen LogP contribution in [0.15, 0.2) is 77.6 Å². The first-order valence-corrected chi connectivity index (χ1v) is 10.2. The van der Waals surface area contributed by atoms with E-state index in [1.807, 2.05) is 31.2 Å². The molecule has 0 atom stereocenters. The molecule has 0 unspecified atom stereocenters. The number of carbonyl (C=O) groups excluding carboxylic acids is 1. The normalized spacial score (nSPS) is 10.9. The summed E-state index contributed by atoms with van der Waals surface area (Å²) < 4.78 is 1.51. The van der Waals surface area contributed by atoms with Crippen molar-refractivity contribution >= 4 is 29.0 Å². The highest BCUT2D eigenvalue weighted by atomic mass is 16.1. The summed E-state index contributed by atoms with van der Waals surface area (Å²) in [4.78, 5) is 30.4. The smallest absolute Gasteiger partial charge is 0.266 e. The van der Waals surface area contributed by atoms with E-state index in [0.29, 0.717) is 40.1 Å². The number of aromatic nitrogens is 2. The number of nitriles is 1. The number of amides is 1. The van der Waals surface area contributed by atoms with Crippen LogP contribution in [0.3, 0.4) is 0 Å². The molecule has 0 aliphatic heterocycles. The topological polar surface area (TPSA) is 87.8 Å². The molecule has 6 nitrogen and oxygen atoms in total. The number of rotatable bonds is 5. The SMILES string of the molecule is CCNC(=O)c1cccc(-n2c(/C=C/c3ccc(C#N)cc3)nc3ccccc3c2=O)c1. The minimum atomic E-state index is -0.219. The van der Waals surface area contributed by atoms with Crippen molar-refractivity contribution in [2.24, 2.45) is 0 Å². The summed E-state index contributed by atoms with van der Waals surface area (Å²) >= 11 is 0. The Balaban J connectivity index is 1.87.